The Morgan fingerprint density at radius 3 is 2.64 bits per heavy atom. The lowest BCUT2D eigenvalue weighted by molar-refractivity contribution is -0.119. The van der Waals surface area contributed by atoms with Crippen molar-refractivity contribution in [1.29, 1.82) is 0 Å². The molecule has 2 aromatic rings. The molecule has 3 rings (SSSR count). The summed E-state index contributed by atoms with van der Waals surface area (Å²) < 4.78 is 11.4. The average Bonchev–Trinajstić information content (AvgIpc) is 2.64. The minimum atomic E-state index is -1.00. The number of hydrogen-bond acceptors (Lipinski definition) is 5. The van der Waals surface area contributed by atoms with Gasteiger partial charge in [-0.2, -0.15) is 0 Å². The molecule has 1 aliphatic heterocycles. The molecule has 0 radical (unpaired) electrons. The van der Waals surface area contributed by atoms with Crippen LogP contribution in [-0.4, -0.2) is 42.0 Å². The molecule has 7 heteroatoms. The Balaban J connectivity index is 1.47. The molecule has 0 fully saturated rings. The van der Waals surface area contributed by atoms with Gasteiger partial charge in [0.1, 0.15) is 12.7 Å². The van der Waals surface area contributed by atoms with Crippen molar-refractivity contribution in [3.05, 3.63) is 54.1 Å². The van der Waals surface area contributed by atoms with Crippen LogP contribution >= 0.6 is 11.8 Å². The lowest BCUT2D eigenvalue weighted by Crippen LogP contribution is -2.41. The van der Waals surface area contributed by atoms with E-state index >= 15 is 0 Å². The van der Waals surface area contributed by atoms with Crippen LogP contribution in [0, 0.1) is 0 Å². The van der Waals surface area contributed by atoms with Crippen LogP contribution in [-0.2, 0) is 4.79 Å². The fraction of sp³-hybridized carbons (Fsp3) is 0.222. The Hall–Kier alpha value is -2.67. The van der Waals surface area contributed by atoms with Gasteiger partial charge in [-0.1, -0.05) is 24.3 Å². The summed E-state index contributed by atoms with van der Waals surface area (Å²) in [6, 6.07) is 14.0. The number of carbonyl (C=O) groups excluding carboxylic acids is 1. The van der Waals surface area contributed by atoms with Crippen LogP contribution in [0.4, 0.5) is 0 Å². The molecular weight excluding hydrogens is 342 g/mol. The first-order valence-corrected chi connectivity index (χ1v) is 8.72. The van der Waals surface area contributed by atoms with Gasteiger partial charge < -0.3 is 19.9 Å². The zero-order valence-electron chi connectivity index (χ0n) is 13.3. The van der Waals surface area contributed by atoms with E-state index in [9.17, 15) is 9.59 Å². The number of rotatable bonds is 6. The molecule has 2 aromatic carbocycles. The van der Waals surface area contributed by atoms with Crippen molar-refractivity contribution in [1.82, 2.24) is 5.32 Å². The van der Waals surface area contributed by atoms with E-state index in [2.05, 4.69) is 5.32 Å². The smallest absolute Gasteiger partial charge is 0.336 e. The second-order valence-electron chi connectivity index (χ2n) is 5.39. The predicted molar refractivity (Wildman–Crippen MR) is 93.5 cm³/mol. The lowest BCUT2D eigenvalue weighted by atomic mass is 10.2. The SMILES string of the molecule is O=C(CSc1ccccc1C(=O)O)NC[C@@H]1COc2ccccc2O1. The largest absolute Gasteiger partial charge is 0.486 e. The third-order valence-electron chi connectivity index (χ3n) is 3.57. The quantitative estimate of drug-likeness (QED) is 0.771. The Labute approximate surface area is 149 Å². The first kappa shape index (κ1) is 17.2. The van der Waals surface area contributed by atoms with Crippen molar-refractivity contribution in [2.75, 3.05) is 18.9 Å². The van der Waals surface area contributed by atoms with E-state index in [0.717, 1.165) is 0 Å². The highest BCUT2D eigenvalue weighted by Crippen LogP contribution is 2.30. The number of carboxylic acid groups (broad SMARTS) is 1. The summed E-state index contributed by atoms with van der Waals surface area (Å²) in [6.45, 7) is 0.695. The van der Waals surface area contributed by atoms with Gasteiger partial charge in [-0.25, -0.2) is 4.79 Å². The molecule has 1 atom stereocenters. The molecule has 0 saturated carbocycles. The number of amides is 1. The average molecular weight is 359 g/mol. The molecule has 130 valence electrons. The minimum Gasteiger partial charge on any atom is -0.486 e. The normalized spacial score (nSPS) is 15.4. The Bertz CT molecular complexity index is 780. The number of nitrogens with one attached hydrogen (secondary N) is 1. The fourth-order valence-electron chi connectivity index (χ4n) is 2.35. The first-order chi connectivity index (χ1) is 12.1. The minimum absolute atomic E-state index is 0.133. The Kier molecular flexibility index (Phi) is 5.45. The number of carboxylic acids is 1. The van der Waals surface area contributed by atoms with E-state index in [0.29, 0.717) is 29.5 Å². The third-order valence-corrected chi connectivity index (χ3v) is 4.64. The molecular formula is C18H17NO5S. The van der Waals surface area contributed by atoms with E-state index in [1.54, 1.807) is 18.2 Å². The van der Waals surface area contributed by atoms with Gasteiger partial charge >= 0.3 is 5.97 Å². The number of hydrogen-bond donors (Lipinski definition) is 2. The topological polar surface area (TPSA) is 84.9 Å². The summed E-state index contributed by atoms with van der Waals surface area (Å²) in [5, 5.41) is 11.9. The number of carbonyl (C=O) groups is 2. The standard InChI is InChI=1S/C18H17NO5S/c20-17(11-25-16-8-4-1-5-13(16)18(21)22)19-9-12-10-23-14-6-2-3-7-15(14)24-12/h1-8,12H,9-11H2,(H,19,20)(H,21,22)/t12-/m1/s1. The monoisotopic (exact) mass is 359 g/mol. The second-order valence-corrected chi connectivity index (χ2v) is 6.41. The predicted octanol–water partition coefficient (Wildman–Crippen LogP) is 2.43. The Morgan fingerprint density at radius 2 is 1.84 bits per heavy atom. The van der Waals surface area contributed by atoms with Gasteiger partial charge in [0.2, 0.25) is 5.91 Å². The highest BCUT2D eigenvalue weighted by Gasteiger charge is 2.21. The van der Waals surface area contributed by atoms with Crippen LogP contribution < -0.4 is 14.8 Å². The molecule has 1 amide bonds. The van der Waals surface area contributed by atoms with Crippen LogP contribution in [0.2, 0.25) is 0 Å². The van der Waals surface area contributed by atoms with E-state index in [4.69, 9.17) is 14.6 Å². The molecule has 0 aliphatic carbocycles. The van der Waals surface area contributed by atoms with E-state index in [1.807, 2.05) is 24.3 Å². The van der Waals surface area contributed by atoms with Gasteiger partial charge in [0.15, 0.2) is 11.5 Å². The zero-order valence-corrected chi connectivity index (χ0v) is 14.1. The van der Waals surface area contributed by atoms with Crippen molar-refractivity contribution < 1.29 is 24.2 Å². The summed E-state index contributed by atoms with van der Waals surface area (Å²) in [5.74, 6) is 0.306. The maximum Gasteiger partial charge on any atom is 0.336 e. The number of aromatic carboxylic acids is 1. The molecule has 0 aromatic heterocycles. The second kappa shape index (κ2) is 7.94. The van der Waals surface area contributed by atoms with Crippen LogP contribution in [0.15, 0.2) is 53.4 Å². The Morgan fingerprint density at radius 1 is 1.12 bits per heavy atom. The van der Waals surface area contributed by atoms with E-state index < -0.39 is 5.97 Å². The summed E-state index contributed by atoms with van der Waals surface area (Å²) >= 11 is 1.19. The maximum atomic E-state index is 12.0. The molecule has 1 heterocycles. The lowest BCUT2D eigenvalue weighted by Gasteiger charge is -2.26. The zero-order chi connectivity index (χ0) is 17.6. The van der Waals surface area contributed by atoms with Crippen molar-refractivity contribution in [2.24, 2.45) is 0 Å². The highest BCUT2D eigenvalue weighted by atomic mass is 32.2. The van der Waals surface area contributed by atoms with Gasteiger partial charge in [0, 0.05) is 4.90 Å². The summed E-state index contributed by atoms with van der Waals surface area (Å²) in [5.41, 5.74) is 0.195. The van der Waals surface area contributed by atoms with Gasteiger partial charge in [0.05, 0.1) is 17.9 Å². The molecule has 1 aliphatic rings. The number of para-hydroxylation sites is 2. The van der Waals surface area contributed by atoms with E-state index in [-0.39, 0.29) is 23.3 Å². The van der Waals surface area contributed by atoms with Crippen molar-refractivity contribution >= 4 is 23.6 Å². The van der Waals surface area contributed by atoms with Gasteiger partial charge in [0.25, 0.3) is 0 Å². The molecule has 0 saturated heterocycles. The van der Waals surface area contributed by atoms with Crippen LogP contribution in [0.5, 0.6) is 11.5 Å². The van der Waals surface area contributed by atoms with Gasteiger partial charge in [-0.05, 0) is 24.3 Å². The summed E-state index contributed by atoms with van der Waals surface area (Å²) in [4.78, 5) is 23.7. The van der Waals surface area contributed by atoms with Gasteiger partial charge in [-0.3, -0.25) is 4.79 Å². The summed E-state index contributed by atoms with van der Waals surface area (Å²) in [7, 11) is 0. The number of ether oxygens (including phenoxy) is 2. The van der Waals surface area contributed by atoms with Gasteiger partial charge in [-0.15, -0.1) is 11.8 Å². The molecule has 0 spiro atoms. The van der Waals surface area contributed by atoms with Crippen LogP contribution in [0.3, 0.4) is 0 Å². The number of thioether (sulfide) groups is 1. The maximum absolute atomic E-state index is 12.0. The van der Waals surface area contributed by atoms with Crippen molar-refractivity contribution in [3.8, 4) is 11.5 Å². The molecule has 2 N–H and O–H groups in total. The number of benzene rings is 2. The first-order valence-electron chi connectivity index (χ1n) is 7.74. The molecule has 0 unspecified atom stereocenters. The van der Waals surface area contributed by atoms with Crippen LogP contribution in [0.1, 0.15) is 10.4 Å². The highest BCUT2D eigenvalue weighted by molar-refractivity contribution is 8.00. The molecule has 6 nitrogen and oxygen atoms in total. The van der Waals surface area contributed by atoms with Crippen molar-refractivity contribution in [2.45, 2.75) is 11.0 Å². The van der Waals surface area contributed by atoms with E-state index in [1.165, 1.54) is 17.8 Å². The van der Waals surface area contributed by atoms with Crippen LogP contribution in [0.25, 0.3) is 0 Å². The number of fused-ring (bicyclic) bond motifs is 1. The summed E-state index contributed by atoms with van der Waals surface area (Å²) in [6.07, 6.45) is -0.254. The molecule has 0 bridgehead atoms. The van der Waals surface area contributed by atoms with Crippen molar-refractivity contribution in [3.63, 3.8) is 0 Å². The third kappa shape index (κ3) is 4.45. The molecule has 25 heavy (non-hydrogen) atoms. The fourth-order valence-corrected chi connectivity index (χ4v) is 3.23.